The molecule has 0 aliphatic heterocycles. The SMILES string of the molecule is CC(C)c1ccc(NC(=O)COc2cccc3c2CCC[C@H]3O)cc1. The van der Waals surface area contributed by atoms with E-state index >= 15 is 0 Å². The smallest absolute Gasteiger partial charge is 0.262 e. The third-order valence-corrected chi connectivity index (χ3v) is 4.65. The average Bonchev–Trinajstić information content (AvgIpc) is 2.61. The monoisotopic (exact) mass is 339 g/mol. The molecule has 0 unspecified atom stereocenters. The molecular weight excluding hydrogens is 314 g/mol. The normalized spacial score (nSPS) is 16.4. The van der Waals surface area contributed by atoms with Crippen LogP contribution < -0.4 is 10.1 Å². The number of anilines is 1. The van der Waals surface area contributed by atoms with Gasteiger partial charge < -0.3 is 15.2 Å². The summed E-state index contributed by atoms with van der Waals surface area (Å²) in [6.45, 7) is 4.23. The Morgan fingerprint density at radius 3 is 2.72 bits per heavy atom. The lowest BCUT2D eigenvalue weighted by molar-refractivity contribution is -0.118. The first-order valence-electron chi connectivity index (χ1n) is 8.87. The first kappa shape index (κ1) is 17.5. The third kappa shape index (κ3) is 4.20. The van der Waals surface area contributed by atoms with Crippen LogP contribution in [-0.2, 0) is 11.2 Å². The minimum atomic E-state index is -0.430. The zero-order chi connectivity index (χ0) is 17.8. The summed E-state index contributed by atoms with van der Waals surface area (Å²) < 4.78 is 5.73. The number of rotatable bonds is 5. The molecule has 0 bridgehead atoms. The molecule has 2 aromatic rings. The van der Waals surface area contributed by atoms with Crippen molar-refractivity contribution < 1.29 is 14.6 Å². The third-order valence-electron chi connectivity index (χ3n) is 4.65. The van der Waals surface area contributed by atoms with Gasteiger partial charge in [-0.1, -0.05) is 38.1 Å². The number of fused-ring (bicyclic) bond motifs is 1. The van der Waals surface area contributed by atoms with Gasteiger partial charge in [-0.3, -0.25) is 4.79 Å². The van der Waals surface area contributed by atoms with Gasteiger partial charge in [-0.15, -0.1) is 0 Å². The maximum Gasteiger partial charge on any atom is 0.262 e. The molecule has 0 spiro atoms. The van der Waals surface area contributed by atoms with Crippen molar-refractivity contribution in [3.8, 4) is 5.75 Å². The van der Waals surface area contributed by atoms with Crippen LogP contribution in [0.2, 0.25) is 0 Å². The minimum absolute atomic E-state index is 0.0432. The van der Waals surface area contributed by atoms with Gasteiger partial charge in [0.1, 0.15) is 5.75 Å². The van der Waals surface area contributed by atoms with E-state index in [9.17, 15) is 9.90 Å². The second-order valence-electron chi connectivity index (χ2n) is 6.85. The number of aliphatic hydroxyl groups is 1. The molecule has 4 heteroatoms. The number of hydrogen-bond acceptors (Lipinski definition) is 3. The highest BCUT2D eigenvalue weighted by molar-refractivity contribution is 5.91. The molecule has 3 rings (SSSR count). The first-order valence-corrected chi connectivity index (χ1v) is 8.87. The predicted octanol–water partition coefficient (Wildman–Crippen LogP) is 4.20. The van der Waals surface area contributed by atoms with Crippen LogP contribution in [-0.4, -0.2) is 17.6 Å². The fraction of sp³-hybridized carbons (Fsp3) is 0.381. The largest absolute Gasteiger partial charge is 0.483 e. The lowest BCUT2D eigenvalue weighted by atomic mass is 9.89. The van der Waals surface area contributed by atoms with Crippen molar-refractivity contribution in [2.24, 2.45) is 0 Å². The van der Waals surface area contributed by atoms with Gasteiger partial charge in [0.15, 0.2) is 6.61 Å². The Labute approximate surface area is 148 Å². The van der Waals surface area contributed by atoms with Gasteiger partial charge in [-0.05, 0) is 60.1 Å². The molecule has 2 N–H and O–H groups in total. The zero-order valence-electron chi connectivity index (χ0n) is 14.8. The molecule has 1 atom stereocenters. The van der Waals surface area contributed by atoms with Gasteiger partial charge in [-0.25, -0.2) is 0 Å². The van der Waals surface area contributed by atoms with Crippen LogP contribution in [0.5, 0.6) is 5.75 Å². The van der Waals surface area contributed by atoms with E-state index in [2.05, 4.69) is 19.2 Å². The number of amides is 1. The molecular formula is C21H25NO3. The number of nitrogens with one attached hydrogen (secondary N) is 1. The van der Waals surface area contributed by atoms with Crippen LogP contribution in [0, 0.1) is 0 Å². The number of carbonyl (C=O) groups excluding carboxylic acids is 1. The van der Waals surface area contributed by atoms with E-state index in [0.29, 0.717) is 11.7 Å². The lowest BCUT2D eigenvalue weighted by Crippen LogP contribution is -2.21. The van der Waals surface area contributed by atoms with Gasteiger partial charge in [0.2, 0.25) is 0 Å². The van der Waals surface area contributed by atoms with Gasteiger partial charge in [0.05, 0.1) is 6.10 Å². The van der Waals surface area contributed by atoms with E-state index in [0.717, 1.165) is 36.1 Å². The van der Waals surface area contributed by atoms with Crippen LogP contribution in [0.15, 0.2) is 42.5 Å². The highest BCUT2D eigenvalue weighted by Crippen LogP contribution is 2.35. The molecule has 0 saturated heterocycles. The van der Waals surface area contributed by atoms with E-state index in [1.54, 1.807) is 0 Å². The van der Waals surface area contributed by atoms with E-state index in [-0.39, 0.29) is 12.5 Å². The first-order chi connectivity index (χ1) is 12.0. The van der Waals surface area contributed by atoms with Crippen LogP contribution in [0.4, 0.5) is 5.69 Å². The van der Waals surface area contributed by atoms with Crippen molar-refractivity contribution in [2.45, 2.75) is 45.1 Å². The van der Waals surface area contributed by atoms with Gasteiger partial charge in [0.25, 0.3) is 5.91 Å². The predicted molar refractivity (Wildman–Crippen MR) is 99.0 cm³/mol. The summed E-state index contributed by atoms with van der Waals surface area (Å²) in [5, 5.41) is 12.9. The van der Waals surface area contributed by atoms with Crippen molar-refractivity contribution >= 4 is 11.6 Å². The van der Waals surface area contributed by atoms with Crippen molar-refractivity contribution in [3.05, 3.63) is 59.2 Å². The molecule has 0 fully saturated rings. The number of carbonyl (C=O) groups is 1. The van der Waals surface area contributed by atoms with Crippen molar-refractivity contribution in [3.63, 3.8) is 0 Å². The summed E-state index contributed by atoms with van der Waals surface area (Å²) in [5.41, 5.74) is 3.95. The Hall–Kier alpha value is -2.33. The van der Waals surface area contributed by atoms with E-state index in [1.165, 1.54) is 5.56 Å². The second kappa shape index (κ2) is 7.70. The second-order valence-corrected chi connectivity index (χ2v) is 6.85. The number of ether oxygens (including phenoxy) is 1. The van der Waals surface area contributed by atoms with E-state index in [4.69, 9.17) is 4.74 Å². The summed E-state index contributed by atoms with van der Waals surface area (Å²) in [6, 6.07) is 13.5. The molecule has 1 amide bonds. The van der Waals surface area contributed by atoms with Gasteiger partial charge in [0, 0.05) is 5.69 Å². The summed E-state index contributed by atoms with van der Waals surface area (Å²) in [4.78, 5) is 12.2. The molecule has 0 aromatic heterocycles. The number of hydrogen-bond donors (Lipinski definition) is 2. The molecule has 2 aromatic carbocycles. The van der Waals surface area contributed by atoms with Crippen molar-refractivity contribution in [1.82, 2.24) is 0 Å². The maximum atomic E-state index is 12.2. The number of benzene rings is 2. The highest BCUT2D eigenvalue weighted by Gasteiger charge is 2.21. The van der Waals surface area contributed by atoms with Crippen LogP contribution >= 0.6 is 0 Å². The maximum absolute atomic E-state index is 12.2. The fourth-order valence-electron chi connectivity index (χ4n) is 3.22. The van der Waals surface area contributed by atoms with E-state index in [1.807, 2.05) is 42.5 Å². The Morgan fingerprint density at radius 2 is 2.00 bits per heavy atom. The Kier molecular flexibility index (Phi) is 5.39. The summed E-state index contributed by atoms with van der Waals surface area (Å²) in [7, 11) is 0. The molecule has 132 valence electrons. The van der Waals surface area contributed by atoms with Crippen molar-refractivity contribution in [1.29, 1.82) is 0 Å². The highest BCUT2D eigenvalue weighted by atomic mass is 16.5. The van der Waals surface area contributed by atoms with Crippen LogP contribution in [0.3, 0.4) is 0 Å². The zero-order valence-corrected chi connectivity index (χ0v) is 14.8. The average molecular weight is 339 g/mol. The lowest BCUT2D eigenvalue weighted by Gasteiger charge is -2.23. The topological polar surface area (TPSA) is 58.6 Å². The molecule has 1 aliphatic rings. The summed E-state index contributed by atoms with van der Waals surface area (Å²) >= 11 is 0. The summed E-state index contributed by atoms with van der Waals surface area (Å²) in [5.74, 6) is 0.973. The molecule has 0 saturated carbocycles. The van der Waals surface area contributed by atoms with E-state index < -0.39 is 6.10 Å². The molecule has 0 radical (unpaired) electrons. The van der Waals surface area contributed by atoms with Crippen molar-refractivity contribution in [2.75, 3.05) is 11.9 Å². The van der Waals surface area contributed by atoms with Gasteiger partial charge >= 0.3 is 0 Å². The minimum Gasteiger partial charge on any atom is -0.483 e. The molecule has 4 nitrogen and oxygen atoms in total. The fourth-order valence-corrected chi connectivity index (χ4v) is 3.22. The molecule has 25 heavy (non-hydrogen) atoms. The molecule has 1 aliphatic carbocycles. The van der Waals surface area contributed by atoms with Gasteiger partial charge in [-0.2, -0.15) is 0 Å². The molecule has 0 heterocycles. The Morgan fingerprint density at radius 1 is 1.24 bits per heavy atom. The van der Waals surface area contributed by atoms with Crippen LogP contribution in [0.25, 0.3) is 0 Å². The van der Waals surface area contributed by atoms with Crippen LogP contribution in [0.1, 0.15) is 55.4 Å². The number of aliphatic hydroxyl groups excluding tert-OH is 1. The quantitative estimate of drug-likeness (QED) is 0.858. The Bertz CT molecular complexity index is 737. The Balaban J connectivity index is 1.60. The summed E-state index contributed by atoms with van der Waals surface area (Å²) in [6.07, 6.45) is 2.16. The standard InChI is InChI=1S/C21H25NO3/c1-14(2)15-9-11-16(12-10-15)22-21(24)13-25-20-8-4-5-17-18(20)6-3-7-19(17)23/h4-5,8-12,14,19,23H,3,6-7,13H2,1-2H3,(H,22,24)/t19-/m1/s1.